The van der Waals surface area contributed by atoms with Gasteiger partial charge in [-0.05, 0) is 30.7 Å². The first-order valence-corrected chi connectivity index (χ1v) is 5.94. The Morgan fingerprint density at radius 3 is 2.78 bits per heavy atom. The molecule has 0 aliphatic carbocycles. The van der Waals surface area contributed by atoms with E-state index in [-0.39, 0.29) is 5.02 Å². The van der Waals surface area contributed by atoms with Crippen molar-refractivity contribution in [1.82, 2.24) is 4.98 Å². The Morgan fingerprint density at radius 2 is 2.17 bits per heavy atom. The molecule has 0 aliphatic heterocycles. The van der Waals surface area contributed by atoms with Crippen molar-refractivity contribution in [3.63, 3.8) is 0 Å². The Labute approximate surface area is 110 Å². The molecule has 0 radical (unpaired) electrons. The van der Waals surface area contributed by atoms with Crippen LogP contribution in [0.5, 0.6) is 0 Å². The van der Waals surface area contributed by atoms with Crippen molar-refractivity contribution in [1.29, 1.82) is 0 Å². The fourth-order valence-corrected chi connectivity index (χ4v) is 1.95. The molecule has 0 fully saturated rings. The summed E-state index contributed by atoms with van der Waals surface area (Å²) in [7, 11) is 0. The molecule has 0 spiro atoms. The molecule has 4 heteroatoms. The van der Waals surface area contributed by atoms with E-state index in [2.05, 4.69) is 4.98 Å². The summed E-state index contributed by atoms with van der Waals surface area (Å²) in [6.07, 6.45) is 3.54. The van der Waals surface area contributed by atoms with Gasteiger partial charge in [0.15, 0.2) is 0 Å². The second-order valence-electron chi connectivity index (χ2n) is 4.44. The molecule has 1 N–H and O–H groups in total. The van der Waals surface area contributed by atoms with Gasteiger partial charge in [-0.3, -0.25) is 4.98 Å². The summed E-state index contributed by atoms with van der Waals surface area (Å²) in [5, 5.41) is 10.5. The summed E-state index contributed by atoms with van der Waals surface area (Å²) in [6.45, 7) is 1.68. The SMILES string of the molecule is CC(O)(Cc1ccc(Cl)c(F)c1)c1cccnc1. The summed E-state index contributed by atoms with van der Waals surface area (Å²) < 4.78 is 13.3. The molecular weight excluding hydrogens is 253 g/mol. The average molecular weight is 266 g/mol. The molecule has 1 unspecified atom stereocenters. The highest BCUT2D eigenvalue weighted by Gasteiger charge is 2.24. The van der Waals surface area contributed by atoms with Gasteiger partial charge in [0.2, 0.25) is 0 Å². The van der Waals surface area contributed by atoms with E-state index < -0.39 is 11.4 Å². The topological polar surface area (TPSA) is 33.1 Å². The lowest BCUT2D eigenvalue weighted by molar-refractivity contribution is 0.0572. The fraction of sp³-hybridized carbons (Fsp3) is 0.214. The van der Waals surface area contributed by atoms with Crippen LogP contribution in [0.15, 0.2) is 42.7 Å². The molecule has 0 saturated carbocycles. The third-order valence-corrected chi connectivity index (χ3v) is 3.12. The maximum atomic E-state index is 13.3. The van der Waals surface area contributed by atoms with Gasteiger partial charge in [-0.25, -0.2) is 4.39 Å². The Kier molecular flexibility index (Phi) is 3.64. The van der Waals surface area contributed by atoms with Gasteiger partial charge in [-0.15, -0.1) is 0 Å². The number of hydrogen-bond donors (Lipinski definition) is 1. The molecule has 2 aromatic rings. The van der Waals surface area contributed by atoms with Crippen LogP contribution in [0.3, 0.4) is 0 Å². The molecule has 1 heterocycles. The van der Waals surface area contributed by atoms with Gasteiger partial charge in [0.05, 0.1) is 10.6 Å². The first-order valence-electron chi connectivity index (χ1n) is 5.56. The predicted octanol–water partition coefficient (Wildman–Crippen LogP) is 3.32. The second kappa shape index (κ2) is 5.04. The van der Waals surface area contributed by atoms with Crippen molar-refractivity contribution in [3.05, 3.63) is 64.7 Å². The van der Waals surface area contributed by atoms with Crippen LogP contribution in [-0.4, -0.2) is 10.1 Å². The van der Waals surface area contributed by atoms with Crippen molar-refractivity contribution < 1.29 is 9.50 Å². The average Bonchev–Trinajstić information content (AvgIpc) is 2.35. The van der Waals surface area contributed by atoms with Crippen LogP contribution in [0, 0.1) is 5.82 Å². The zero-order valence-electron chi connectivity index (χ0n) is 9.90. The number of halogens is 2. The standard InChI is InChI=1S/C14H13ClFNO/c1-14(18,11-3-2-6-17-9-11)8-10-4-5-12(15)13(16)7-10/h2-7,9,18H,8H2,1H3. The summed E-state index contributed by atoms with van der Waals surface area (Å²) >= 11 is 5.62. The zero-order valence-corrected chi connectivity index (χ0v) is 10.7. The Bertz CT molecular complexity index is 543. The van der Waals surface area contributed by atoms with E-state index >= 15 is 0 Å². The normalized spacial score (nSPS) is 14.2. The fourth-order valence-electron chi connectivity index (χ4n) is 1.83. The third kappa shape index (κ3) is 2.86. The summed E-state index contributed by atoms with van der Waals surface area (Å²) in [5.41, 5.74) is 0.292. The van der Waals surface area contributed by atoms with Gasteiger partial charge in [0, 0.05) is 24.4 Å². The molecule has 0 bridgehead atoms. The van der Waals surface area contributed by atoms with Crippen LogP contribution in [-0.2, 0) is 12.0 Å². The van der Waals surface area contributed by atoms with Gasteiger partial charge < -0.3 is 5.11 Å². The van der Waals surface area contributed by atoms with E-state index in [0.717, 1.165) is 0 Å². The highest BCUT2D eigenvalue weighted by Crippen LogP contribution is 2.26. The van der Waals surface area contributed by atoms with Crippen LogP contribution >= 0.6 is 11.6 Å². The molecule has 1 atom stereocenters. The van der Waals surface area contributed by atoms with Gasteiger partial charge in [0.1, 0.15) is 5.82 Å². The molecule has 0 amide bonds. The van der Waals surface area contributed by atoms with Crippen LogP contribution in [0.1, 0.15) is 18.1 Å². The third-order valence-electron chi connectivity index (χ3n) is 2.82. The molecule has 2 rings (SSSR count). The number of benzene rings is 1. The van der Waals surface area contributed by atoms with Gasteiger partial charge in [-0.2, -0.15) is 0 Å². The molecular formula is C14H13ClFNO. The number of pyridine rings is 1. The molecule has 1 aromatic heterocycles. The van der Waals surface area contributed by atoms with Gasteiger partial charge in [-0.1, -0.05) is 23.7 Å². The lowest BCUT2D eigenvalue weighted by Gasteiger charge is -2.23. The Morgan fingerprint density at radius 1 is 1.39 bits per heavy atom. The van der Waals surface area contributed by atoms with Crippen molar-refractivity contribution in [2.24, 2.45) is 0 Å². The minimum atomic E-state index is -1.09. The Hall–Kier alpha value is -1.45. The molecule has 0 aliphatic rings. The number of aromatic nitrogens is 1. The molecule has 2 nitrogen and oxygen atoms in total. The Balaban J connectivity index is 2.25. The largest absolute Gasteiger partial charge is 0.385 e. The van der Waals surface area contributed by atoms with E-state index in [9.17, 15) is 9.50 Å². The predicted molar refractivity (Wildman–Crippen MR) is 68.9 cm³/mol. The number of hydrogen-bond acceptors (Lipinski definition) is 2. The second-order valence-corrected chi connectivity index (χ2v) is 4.85. The van der Waals surface area contributed by atoms with Crippen molar-refractivity contribution in [2.75, 3.05) is 0 Å². The summed E-state index contributed by atoms with van der Waals surface area (Å²) in [4.78, 5) is 3.97. The number of rotatable bonds is 3. The number of aliphatic hydroxyl groups is 1. The minimum absolute atomic E-state index is 0.0831. The van der Waals surface area contributed by atoms with Crippen molar-refractivity contribution in [2.45, 2.75) is 18.9 Å². The lowest BCUT2D eigenvalue weighted by Crippen LogP contribution is -2.24. The summed E-state index contributed by atoms with van der Waals surface area (Å²) in [5.74, 6) is -0.476. The van der Waals surface area contributed by atoms with E-state index in [1.807, 2.05) is 0 Å². The highest BCUT2D eigenvalue weighted by molar-refractivity contribution is 6.30. The molecule has 0 saturated heterocycles. The van der Waals surface area contributed by atoms with E-state index in [1.54, 1.807) is 37.5 Å². The zero-order chi connectivity index (χ0) is 13.2. The van der Waals surface area contributed by atoms with Crippen LogP contribution in [0.4, 0.5) is 4.39 Å². The highest BCUT2D eigenvalue weighted by atomic mass is 35.5. The summed E-state index contributed by atoms with van der Waals surface area (Å²) in [6, 6.07) is 8.08. The maximum absolute atomic E-state index is 13.3. The first-order chi connectivity index (χ1) is 8.49. The first kappa shape index (κ1) is 13.0. The molecule has 1 aromatic carbocycles. The van der Waals surface area contributed by atoms with Crippen molar-refractivity contribution in [3.8, 4) is 0 Å². The van der Waals surface area contributed by atoms with Crippen LogP contribution in [0.25, 0.3) is 0 Å². The van der Waals surface area contributed by atoms with E-state index in [4.69, 9.17) is 11.6 Å². The lowest BCUT2D eigenvalue weighted by atomic mass is 9.90. The number of nitrogens with zero attached hydrogens (tertiary/aromatic N) is 1. The van der Waals surface area contributed by atoms with Crippen LogP contribution in [0.2, 0.25) is 5.02 Å². The molecule has 18 heavy (non-hydrogen) atoms. The van der Waals surface area contributed by atoms with Crippen molar-refractivity contribution >= 4 is 11.6 Å². The van der Waals surface area contributed by atoms with Gasteiger partial charge in [0.25, 0.3) is 0 Å². The quantitative estimate of drug-likeness (QED) is 0.923. The smallest absolute Gasteiger partial charge is 0.142 e. The maximum Gasteiger partial charge on any atom is 0.142 e. The minimum Gasteiger partial charge on any atom is -0.385 e. The van der Waals surface area contributed by atoms with E-state index in [0.29, 0.717) is 17.5 Å². The monoisotopic (exact) mass is 265 g/mol. The van der Waals surface area contributed by atoms with Gasteiger partial charge >= 0.3 is 0 Å². The molecule has 94 valence electrons. The van der Waals surface area contributed by atoms with E-state index in [1.165, 1.54) is 12.1 Å². The van der Waals surface area contributed by atoms with Crippen LogP contribution < -0.4 is 0 Å².